The zero-order valence-electron chi connectivity index (χ0n) is 3.99. The van der Waals surface area contributed by atoms with Crippen LogP contribution in [0.15, 0.2) is 0 Å². The van der Waals surface area contributed by atoms with Crippen LogP contribution in [0.1, 0.15) is 43.6 Å². The molecular formula is C8H26Y-2. The van der Waals surface area contributed by atoms with Crippen LogP contribution in [-0.2, 0) is 32.7 Å². The molecule has 0 fully saturated rings. The molecule has 0 spiro atoms. The molecule has 0 rings (SSSR count). The molecular weight excluding hydrogens is 185 g/mol. The molecule has 0 aromatic carbocycles. The molecule has 63 valence electrons. The van der Waals surface area contributed by atoms with Crippen molar-refractivity contribution in [1.82, 2.24) is 0 Å². The quantitative estimate of drug-likeness (QED) is 0.526. The average molecular weight is 211 g/mol. The van der Waals surface area contributed by atoms with E-state index >= 15 is 0 Å². The van der Waals surface area contributed by atoms with Gasteiger partial charge in [0.2, 0.25) is 0 Å². The summed E-state index contributed by atoms with van der Waals surface area (Å²) in [4.78, 5) is 0. The third-order valence-corrected chi connectivity index (χ3v) is 0. The molecule has 1 radical (unpaired) electrons. The van der Waals surface area contributed by atoms with Gasteiger partial charge in [0.05, 0.1) is 0 Å². The first kappa shape index (κ1) is 86.9. The van der Waals surface area contributed by atoms with Gasteiger partial charge in [0.1, 0.15) is 0 Å². The maximum absolute atomic E-state index is 3.25. The minimum absolute atomic E-state index is 0. The van der Waals surface area contributed by atoms with Gasteiger partial charge in [-0.2, -0.15) is 13.8 Å². The zero-order chi connectivity index (χ0) is 4.00. The van der Waals surface area contributed by atoms with E-state index in [1.165, 1.54) is 0 Å². The van der Waals surface area contributed by atoms with E-state index in [1.54, 1.807) is 13.8 Å². The van der Waals surface area contributed by atoms with Crippen LogP contribution in [0.25, 0.3) is 0 Å². The molecule has 0 atom stereocenters. The second-order valence-corrected chi connectivity index (χ2v) is 0. The van der Waals surface area contributed by atoms with Crippen LogP contribution in [0.4, 0.5) is 0 Å². The molecule has 0 amide bonds. The van der Waals surface area contributed by atoms with Gasteiger partial charge in [-0.05, 0) is 0 Å². The second kappa shape index (κ2) is 491. The molecule has 1 heteroatoms. The molecule has 0 nitrogen and oxygen atoms in total. The van der Waals surface area contributed by atoms with E-state index in [1.807, 2.05) is 0 Å². The Balaban J connectivity index is -0.00000000114. The van der Waals surface area contributed by atoms with Crippen LogP contribution in [0.5, 0.6) is 0 Å². The van der Waals surface area contributed by atoms with Gasteiger partial charge in [-0.3, -0.25) is 0 Å². The predicted molar refractivity (Wildman–Crippen MR) is 49.0 cm³/mol. The van der Waals surface area contributed by atoms with E-state index in [0.29, 0.717) is 0 Å². The molecule has 0 aliphatic carbocycles. The van der Waals surface area contributed by atoms with Crippen LogP contribution < -0.4 is 0 Å². The van der Waals surface area contributed by atoms with Crippen molar-refractivity contribution in [3.63, 3.8) is 0 Å². The van der Waals surface area contributed by atoms with Crippen molar-refractivity contribution < 1.29 is 32.7 Å². The van der Waals surface area contributed by atoms with Crippen LogP contribution in [-0.4, -0.2) is 0 Å². The fraction of sp³-hybridized carbons (Fsp3) is 0.750. The monoisotopic (exact) mass is 211 g/mol. The summed E-state index contributed by atoms with van der Waals surface area (Å²) in [7, 11) is 0. The Morgan fingerprint density at radius 3 is 0.556 bits per heavy atom. The van der Waals surface area contributed by atoms with E-state index in [9.17, 15) is 0 Å². The van der Waals surface area contributed by atoms with E-state index < -0.39 is 0 Å². The van der Waals surface area contributed by atoms with Gasteiger partial charge in [-0.1, -0.05) is 29.7 Å². The minimum atomic E-state index is 0. The topological polar surface area (TPSA) is 0 Å². The summed E-state index contributed by atoms with van der Waals surface area (Å²) >= 11 is 0. The van der Waals surface area contributed by atoms with Crippen LogP contribution in [0, 0.1) is 13.8 Å². The Bertz CT molecular complexity index is 4.53. The molecule has 0 aromatic heterocycles. The molecule has 0 bridgehead atoms. The predicted octanol–water partition coefficient (Wildman–Crippen LogP) is 4.22. The molecule has 0 aliphatic heterocycles. The molecule has 0 saturated heterocycles. The zero-order valence-corrected chi connectivity index (χ0v) is 6.83. The molecule has 0 unspecified atom stereocenters. The van der Waals surface area contributed by atoms with E-state index in [-0.39, 0.29) is 62.4 Å². The SMILES string of the molecule is C.C.C.C.[CH2-]C.[CH2-]C.[Y]. The first-order valence-corrected chi connectivity index (χ1v) is 1.41. The standard InChI is InChI=1S/2C2H5.4CH4.Y/c2*1-2;;;;;/h2*1H2,2H3;4*1H4;/q2*-1;;;;;. The van der Waals surface area contributed by atoms with Crippen LogP contribution >= 0.6 is 0 Å². The molecule has 0 saturated carbocycles. The molecule has 0 heterocycles. The first-order valence-electron chi connectivity index (χ1n) is 1.41. The smallest absolute Gasteiger partial charge is 0 e. The Labute approximate surface area is 89.7 Å². The summed E-state index contributed by atoms with van der Waals surface area (Å²) in [5.41, 5.74) is 0. The third kappa shape index (κ3) is 377. The Hall–Kier alpha value is 1.10. The van der Waals surface area contributed by atoms with E-state index in [2.05, 4.69) is 13.8 Å². The van der Waals surface area contributed by atoms with Crippen molar-refractivity contribution in [3.8, 4) is 0 Å². The summed E-state index contributed by atoms with van der Waals surface area (Å²) < 4.78 is 0. The number of hydrogen-bond acceptors (Lipinski definition) is 0. The summed E-state index contributed by atoms with van der Waals surface area (Å²) in [6, 6.07) is 0. The fourth-order valence-corrected chi connectivity index (χ4v) is 0. The van der Waals surface area contributed by atoms with Crippen LogP contribution in [0.2, 0.25) is 0 Å². The van der Waals surface area contributed by atoms with Gasteiger partial charge < -0.3 is 13.8 Å². The molecule has 0 N–H and O–H groups in total. The van der Waals surface area contributed by atoms with Crippen molar-refractivity contribution in [2.45, 2.75) is 43.6 Å². The van der Waals surface area contributed by atoms with E-state index in [0.717, 1.165) is 0 Å². The van der Waals surface area contributed by atoms with Gasteiger partial charge >= 0.3 is 0 Å². The number of rotatable bonds is 0. The summed E-state index contributed by atoms with van der Waals surface area (Å²) in [6.07, 6.45) is 0. The molecule has 9 heavy (non-hydrogen) atoms. The first-order chi connectivity index (χ1) is 2.00. The molecule has 0 aromatic rings. The maximum Gasteiger partial charge on any atom is 0 e. The van der Waals surface area contributed by atoms with E-state index in [4.69, 9.17) is 0 Å². The van der Waals surface area contributed by atoms with Crippen molar-refractivity contribution >= 4 is 0 Å². The van der Waals surface area contributed by atoms with Gasteiger partial charge in [-0.25, -0.2) is 0 Å². The van der Waals surface area contributed by atoms with Gasteiger partial charge in [0.15, 0.2) is 0 Å². The summed E-state index contributed by atoms with van der Waals surface area (Å²) in [5.74, 6) is 0. The Morgan fingerprint density at radius 2 is 0.556 bits per heavy atom. The second-order valence-electron chi connectivity index (χ2n) is 0. The Kier molecular flexibility index (Phi) is 4740. The Morgan fingerprint density at radius 1 is 0.556 bits per heavy atom. The molecule has 0 aliphatic rings. The van der Waals surface area contributed by atoms with Crippen molar-refractivity contribution in [1.29, 1.82) is 0 Å². The van der Waals surface area contributed by atoms with Gasteiger partial charge in [-0.15, -0.1) is 0 Å². The average Bonchev–Trinajstić information content (AvgIpc) is 1.50. The summed E-state index contributed by atoms with van der Waals surface area (Å²) in [6.45, 7) is 10.0. The largest absolute Gasteiger partial charge is 0.346 e. The van der Waals surface area contributed by atoms with Crippen LogP contribution in [0.3, 0.4) is 0 Å². The number of hydrogen-bond donors (Lipinski definition) is 0. The fourth-order valence-electron chi connectivity index (χ4n) is 0. The maximum atomic E-state index is 3.25. The third-order valence-electron chi connectivity index (χ3n) is 0. The minimum Gasteiger partial charge on any atom is -0.346 e. The van der Waals surface area contributed by atoms with Crippen molar-refractivity contribution in [2.24, 2.45) is 0 Å². The van der Waals surface area contributed by atoms with Crippen molar-refractivity contribution in [3.05, 3.63) is 13.8 Å². The van der Waals surface area contributed by atoms with Gasteiger partial charge in [0, 0.05) is 32.7 Å². The van der Waals surface area contributed by atoms with Gasteiger partial charge in [0.25, 0.3) is 0 Å². The van der Waals surface area contributed by atoms with Crippen molar-refractivity contribution in [2.75, 3.05) is 0 Å². The normalized spacial score (nSPS) is 1.33. The summed E-state index contributed by atoms with van der Waals surface area (Å²) in [5, 5.41) is 0.